The van der Waals surface area contributed by atoms with Crippen molar-refractivity contribution in [1.82, 2.24) is 10.2 Å². The zero-order valence-corrected chi connectivity index (χ0v) is 14.4. The predicted molar refractivity (Wildman–Crippen MR) is 85.6 cm³/mol. The number of carbonyl (C=O) groups is 1. The molecular weight excluding hydrogens is 304 g/mol. The maximum absolute atomic E-state index is 12.5. The molecule has 0 radical (unpaired) electrons. The molecule has 22 heavy (non-hydrogen) atoms. The van der Waals surface area contributed by atoms with Crippen molar-refractivity contribution in [2.75, 3.05) is 24.7 Å². The molecule has 6 nitrogen and oxygen atoms in total. The Kier molecular flexibility index (Phi) is 6.09. The molecular formula is C15H28N2O4S. The molecule has 1 N–H and O–H groups in total. The highest BCUT2D eigenvalue weighted by molar-refractivity contribution is 7.91. The molecule has 2 amide bonds. The zero-order valence-electron chi connectivity index (χ0n) is 13.6. The summed E-state index contributed by atoms with van der Waals surface area (Å²) in [6.45, 7) is 5.42. The van der Waals surface area contributed by atoms with E-state index >= 15 is 0 Å². The Hall–Kier alpha value is -0.820. The van der Waals surface area contributed by atoms with Gasteiger partial charge in [0.1, 0.15) is 0 Å². The van der Waals surface area contributed by atoms with Crippen molar-refractivity contribution in [3.8, 4) is 0 Å². The molecule has 0 saturated carbocycles. The van der Waals surface area contributed by atoms with Crippen molar-refractivity contribution in [2.24, 2.45) is 0 Å². The highest BCUT2D eigenvalue weighted by Gasteiger charge is 2.32. The van der Waals surface area contributed by atoms with Crippen LogP contribution < -0.4 is 5.32 Å². The third-order valence-corrected chi connectivity index (χ3v) is 6.12. The van der Waals surface area contributed by atoms with Gasteiger partial charge in [0.15, 0.2) is 9.84 Å². The highest BCUT2D eigenvalue weighted by atomic mass is 32.2. The molecule has 2 fully saturated rings. The van der Waals surface area contributed by atoms with Gasteiger partial charge in [0.2, 0.25) is 0 Å². The number of likely N-dealkylation sites (tertiary alicyclic amines) is 1. The maximum atomic E-state index is 12.5. The van der Waals surface area contributed by atoms with Crippen molar-refractivity contribution in [1.29, 1.82) is 0 Å². The van der Waals surface area contributed by atoms with Gasteiger partial charge in [-0.25, -0.2) is 13.2 Å². The molecule has 0 bridgehead atoms. The van der Waals surface area contributed by atoms with Gasteiger partial charge in [0, 0.05) is 25.2 Å². The molecule has 0 aliphatic carbocycles. The van der Waals surface area contributed by atoms with Gasteiger partial charge in [-0.15, -0.1) is 0 Å². The van der Waals surface area contributed by atoms with Gasteiger partial charge in [-0.1, -0.05) is 0 Å². The minimum Gasteiger partial charge on any atom is -0.379 e. The van der Waals surface area contributed by atoms with Gasteiger partial charge in [0.25, 0.3) is 0 Å². The lowest BCUT2D eigenvalue weighted by Crippen LogP contribution is -2.51. The molecule has 2 aliphatic heterocycles. The van der Waals surface area contributed by atoms with E-state index in [-0.39, 0.29) is 35.7 Å². The van der Waals surface area contributed by atoms with Crippen molar-refractivity contribution in [3.63, 3.8) is 0 Å². The van der Waals surface area contributed by atoms with Crippen LogP contribution in [0.5, 0.6) is 0 Å². The first-order chi connectivity index (χ1) is 10.4. The first kappa shape index (κ1) is 17.5. The predicted octanol–water partition coefficient (Wildman–Crippen LogP) is 1.55. The Balaban J connectivity index is 1.85. The quantitative estimate of drug-likeness (QED) is 0.829. The summed E-state index contributed by atoms with van der Waals surface area (Å²) in [7, 11) is -2.96. The SMILES string of the molecule is CC(C)OCC[C@H]1CCCCN1C(=O)N[C@@H]1CCS(=O)(=O)C1. The molecule has 2 atom stereocenters. The van der Waals surface area contributed by atoms with E-state index in [1.54, 1.807) is 0 Å². The normalized spacial score (nSPS) is 28.0. The lowest BCUT2D eigenvalue weighted by atomic mass is 10.00. The summed E-state index contributed by atoms with van der Waals surface area (Å²) in [6, 6.07) is -0.145. The molecule has 0 aromatic rings. The maximum Gasteiger partial charge on any atom is 0.317 e. The van der Waals surface area contributed by atoms with E-state index in [2.05, 4.69) is 5.32 Å². The summed E-state index contributed by atoms with van der Waals surface area (Å²) < 4.78 is 28.6. The van der Waals surface area contributed by atoms with Crippen LogP contribution in [0.15, 0.2) is 0 Å². The van der Waals surface area contributed by atoms with E-state index in [0.717, 1.165) is 32.2 Å². The smallest absolute Gasteiger partial charge is 0.317 e. The molecule has 0 unspecified atom stereocenters. The average Bonchev–Trinajstić information content (AvgIpc) is 2.78. The summed E-state index contributed by atoms with van der Waals surface area (Å²) in [4.78, 5) is 14.3. The number of carbonyl (C=O) groups excluding carboxylic acids is 1. The number of nitrogens with zero attached hydrogens (tertiary/aromatic N) is 1. The van der Waals surface area contributed by atoms with E-state index in [0.29, 0.717) is 13.0 Å². The van der Waals surface area contributed by atoms with Crippen LogP contribution in [-0.2, 0) is 14.6 Å². The molecule has 2 heterocycles. The second kappa shape index (κ2) is 7.64. The summed E-state index contributed by atoms with van der Waals surface area (Å²) in [5, 5.41) is 2.90. The molecule has 0 aromatic carbocycles. The Bertz CT molecular complexity index is 478. The second-order valence-corrected chi connectivity index (χ2v) is 8.83. The Labute approximate surface area is 133 Å². The minimum atomic E-state index is -2.96. The van der Waals surface area contributed by atoms with Crippen molar-refractivity contribution >= 4 is 15.9 Å². The fourth-order valence-corrected chi connectivity index (χ4v) is 4.85. The third-order valence-electron chi connectivity index (χ3n) is 4.35. The van der Waals surface area contributed by atoms with E-state index in [4.69, 9.17) is 4.74 Å². The van der Waals surface area contributed by atoms with Gasteiger partial charge in [-0.3, -0.25) is 0 Å². The van der Waals surface area contributed by atoms with E-state index < -0.39 is 9.84 Å². The summed E-state index contributed by atoms with van der Waals surface area (Å²) in [6.07, 6.45) is 4.72. The topological polar surface area (TPSA) is 75.7 Å². The number of piperidine rings is 1. The number of nitrogens with one attached hydrogen (secondary N) is 1. The summed E-state index contributed by atoms with van der Waals surface area (Å²) in [5.41, 5.74) is 0. The molecule has 128 valence electrons. The van der Waals surface area contributed by atoms with Crippen LogP contribution in [0.1, 0.15) is 46.0 Å². The Morgan fingerprint density at radius 2 is 2.09 bits per heavy atom. The van der Waals surface area contributed by atoms with Crippen LogP contribution >= 0.6 is 0 Å². The number of ether oxygens (including phenoxy) is 1. The third kappa shape index (κ3) is 5.12. The second-order valence-electron chi connectivity index (χ2n) is 6.60. The number of amides is 2. The number of urea groups is 1. The lowest BCUT2D eigenvalue weighted by Gasteiger charge is -2.36. The minimum absolute atomic E-state index is 0.0771. The number of hydrogen-bond donors (Lipinski definition) is 1. The fourth-order valence-electron chi connectivity index (χ4n) is 3.17. The van der Waals surface area contributed by atoms with Crippen LogP contribution in [0.25, 0.3) is 0 Å². The van der Waals surface area contributed by atoms with E-state index in [9.17, 15) is 13.2 Å². The van der Waals surface area contributed by atoms with Crippen LogP contribution in [0, 0.1) is 0 Å². The van der Waals surface area contributed by atoms with Crippen LogP contribution in [0.4, 0.5) is 4.79 Å². The first-order valence-corrected chi connectivity index (χ1v) is 10.1. The average molecular weight is 332 g/mol. The van der Waals surface area contributed by atoms with Crippen molar-refractivity contribution in [3.05, 3.63) is 0 Å². The standard InChI is InChI=1S/C15H28N2O4S/c1-12(2)21-9-6-14-5-3-4-8-17(14)15(18)16-13-7-10-22(19,20)11-13/h12-14H,3-11H2,1-2H3,(H,16,18)/t13-,14-/m1/s1. The molecule has 0 aromatic heterocycles. The number of rotatable bonds is 5. The van der Waals surface area contributed by atoms with Gasteiger partial charge >= 0.3 is 6.03 Å². The first-order valence-electron chi connectivity index (χ1n) is 8.26. The Morgan fingerprint density at radius 3 is 2.73 bits per heavy atom. The number of hydrogen-bond acceptors (Lipinski definition) is 4. The Morgan fingerprint density at radius 1 is 1.32 bits per heavy atom. The molecule has 2 aliphatic rings. The molecule has 2 saturated heterocycles. The zero-order chi connectivity index (χ0) is 16.2. The monoisotopic (exact) mass is 332 g/mol. The van der Waals surface area contributed by atoms with Gasteiger partial charge in [0.05, 0.1) is 17.6 Å². The van der Waals surface area contributed by atoms with E-state index in [1.165, 1.54) is 0 Å². The van der Waals surface area contributed by atoms with Crippen molar-refractivity contribution in [2.45, 2.75) is 64.1 Å². The van der Waals surface area contributed by atoms with Gasteiger partial charge in [-0.05, 0) is 46.0 Å². The van der Waals surface area contributed by atoms with Crippen LogP contribution in [0.2, 0.25) is 0 Å². The van der Waals surface area contributed by atoms with Crippen LogP contribution in [0.3, 0.4) is 0 Å². The number of sulfone groups is 1. The van der Waals surface area contributed by atoms with Gasteiger partial charge in [-0.2, -0.15) is 0 Å². The highest BCUT2D eigenvalue weighted by Crippen LogP contribution is 2.21. The van der Waals surface area contributed by atoms with Crippen LogP contribution in [-0.4, -0.2) is 62.2 Å². The lowest BCUT2D eigenvalue weighted by molar-refractivity contribution is 0.0551. The summed E-state index contributed by atoms with van der Waals surface area (Å²) >= 11 is 0. The fraction of sp³-hybridized carbons (Fsp3) is 0.933. The van der Waals surface area contributed by atoms with Gasteiger partial charge < -0.3 is 15.0 Å². The largest absolute Gasteiger partial charge is 0.379 e. The molecule has 7 heteroatoms. The van der Waals surface area contributed by atoms with E-state index in [1.807, 2.05) is 18.7 Å². The summed E-state index contributed by atoms with van der Waals surface area (Å²) in [5.74, 6) is 0.261. The van der Waals surface area contributed by atoms with Crippen molar-refractivity contribution < 1.29 is 17.9 Å². The molecule has 2 rings (SSSR count). The molecule has 0 spiro atoms.